The molecule has 7 rings (SSSR count). The molecular weight excluding hydrogens is 614 g/mol. The molecule has 2 aliphatic heterocycles. The van der Waals surface area contributed by atoms with Gasteiger partial charge in [-0.1, -0.05) is 0 Å². The highest BCUT2D eigenvalue weighted by Gasteiger charge is 2.23. The molecule has 2 aliphatic rings. The van der Waals surface area contributed by atoms with Crippen LogP contribution in [0.2, 0.25) is 0 Å². The van der Waals surface area contributed by atoms with Crippen molar-refractivity contribution in [1.29, 1.82) is 0 Å². The molecule has 1 amide bonds. The summed E-state index contributed by atoms with van der Waals surface area (Å²) in [5.41, 5.74) is 8.59. The van der Waals surface area contributed by atoms with Gasteiger partial charge in [-0.05, 0) is 18.2 Å². The van der Waals surface area contributed by atoms with E-state index in [4.69, 9.17) is 19.6 Å². The van der Waals surface area contributed by atoms with Crippen molar-refractivity contribution in [1.82, 2.24) is 39.5 Å². The van der Waals surface area contributed by atoms with E-state index in [0.717, 1.165) is 30.1 Å². The Morgan fingerprint density at radius 1 is 1.00 bits per heavy atom. The van der Waals surface area contributed by atoms with Gasteiger partial charge in [0.25, 0.3) is 5.91 Å². The lowest BCUT2D eigenvalue weighted by Crippen LogP contribution is -2.47. The van der Waals surface area contributed by atoms with E-state index in [9.17, 15) is 13.6 Å². The number of hydrogen-bond donors (Lipinski definition) is 2. The lowest BCUT2D eigenvalue weighted by Gasteiger charge is -2.36. The number of amides is 1. The molecule has 5 aromatic rings. The standard InChI is InChI=1S/C31H36F2N10O4/c32-22-16-23(33)28(47-20-29(44)35-3-4-39-11-14-45-15-12-39)18-26(22)41-8-5-40(6-9-41)7-10-42-30-21(19-36-42)25-17-24(27-2-1-13-46-27)38-43(25)31(34)37-30/h1-2,13,16-19H,3-12,14-15,20H2,(H2,34,37)(H,35,44). The smallest absolute Gasteiger partial charge is 0.257 e. The molecule has 0 unspecified atom stereocenters. The van der Waals surface area contributed by atoms with Gasteiger partial charge in [0.1, 0.15) is 11.5 Å². The molecular formula is C31H36F2N10O4. The van der Waals surface area contributed by atoms with Gasteiger partial charge in [0.2, 0.25) is 5.95 Å². The predicted molar refractivity (Wildman–Crippen MR) is 169 cm³/mol. The Balaban J connectivity index is 0.927. The van der Waals surface area contributed by atoms with Crippen LogP contribution in [-0.4, -0.2) is 119 Å². The molecule has 16 heteroatoms. The summed E-state index contributed by atoms with van der Waals surface area (Å²) >= 11 is 0. The van der Waals surface area contributed by atoms with E-state index < -0.39 is 11.6 Å². The van der Waals surface area contributed by atoms with Crippen molar-refractivity contribution in [2.24, 2.45) is 0 Å². The molecule has 0 bridgehead atoms. The summed E-state index contributed by atoms with van der Waals surface area (Å²) in [4.78, 5) is 23.2. The number of piperazine rings is 1. The van der Waals surface area contributed by atoms with Crippen LogP contribution in [0, 0.1) is 11.6 Å². The number of nitrogens with one attached hydrogen (secondary N) is 1. The van der Waals surface area contributed by atoms with Crippen LogP contribution in [0.15, 0.2) is 47.2 Å². The van der Waals surface area contributed by atoms with E-state index in [0.29, 0.717) is 82.7 Å². The van der Waals surface area contributed by atoms with Crippen LogP contribution in [-0.2, 0) is 16.1 Å². The van der Waals surface area contributed by atoms with Crippen molar-refractivity contribution >= 4 is 34.1 Å². The molecule has 4 aromatic heterocycles. The Labute approximate surface area is 268 Å². The predicted octanol–water partition coefficient (Wildman–Crippen LogP) is 1.85. The number of carbonyl (C=O) groups excluding carboxylic acids is 1. The maximum absolute atomic E-state index is 14.9. The van der Waals surface area contributed by atoms with Crippen LogP contribution < -0.4 is 20.7 Å². The third-order valence-corrected chi connectivity index (χ3v) is 8.56. The molecule has 0 spiro atoms. The fraction of sp³-hybridized carbons (Fsp3) is 0.419. The zero-order chi connectivity index (χ0) is 32.3. The van der Waals surface area contributed by atoms with Crippen molar-refractivity contribution in [3.05, 3.63) is 54.4 Å². The summed E-state index contributed by atoms with van der Waals surface area (Å²) in [7, 11) is 0. The monoisotopic (exact) mass is 650 g/mol. The molecule has 2 fully saturated rings. The molecule has 248 valence electrons. The minimum absolute atomic E-state index is 0.159. The number of nitrogens with two attached hydrogens (primary N) is 1. The average Bonchev–Trinajstić information content (AvgIpc) is 3.85. The van der Waals surface area contributed by atoms with Crippen molar-refractivity contribution in [3.8, 4) is 17.2 Å². The molecule has 6 heterocycles. The highest BCUT2D eigenvalue weighted by atomic mass is 19.1. The highest BCUT2D eigenvalue weighted by Crippen LogP contribution is 2.30. The maximum atomic E-state index is 14.9. The number of carbonyl (C=O) groups is 1. The number of fused-ring (bicyclic) bond motifs is 3. The van der Waals surface area contributed by atoms with E-state index in [1.54, 1.807) is 23.0 Å². The van der Waals surface area contributed by atoms with Crippen LogP contribution in [0.25, 0.3) is 28.0 Å². The number of nitrogens with zero attached hydrogens (tertiary/aromatic N) is 8. The van der Waals surface area contributed by atoms with Crippen LogP contribution in [0.5, 0.6) is 5.75 Å². The summed E-state index contributed by atoms with van der Waals surface area (Å²) < 4.78 is 49.1. The van der Waals surface area contributed by atoms with E-state index in [1.165, 1.54) is 6.07 Å². The Morgan fingerprint density at radius 2 is 1.81 bits per heavy atom. The first-order valence-corrected chi connectivity index (χ1v) is 15.6. The zero-order valence-electron chi connectivity index (χ0n) is 25.8. The largest absolute Gasteiger partial charge is 0.481 e. The summed E-state index contributed by atoms with van der Waals surface area (Å²) in [6, 6.07) is 7.68. The third-order valence-electron chi connectivity index (χ3n) is 8.56. The molecule has 47 heavy (non-hydrogen) atoms. The minimum Gasteiger partial charge on any atom is -0.481 e. The molecule has 14 nitrogen and oxygen atoms in total. The van der Waals surface area contributed by atoms with E-state index in [1.807, 2.05) is 21.7 Å². The van der Waals surface area contributed by atoms with Gasteiger partial charge in [-0.25, -0.2) is 13.5 Å². The Morgan fingerprint density at radius 3 is 2.60 bits per heavy atom. The number of hydrogen-bond acceptors (Lipinski definition) is 11. The Kier molecular flexibility index (Phi) is 8.86. The quantitative estimate of drug-likeness (QED) is 0.216. The lowest BCUT2D eigenvalue weighted by atomic mass is 10.2. The zero-order valence-corrected chi connectivity index (χ0v) is 25.8. The number of morpholine rings is 1. The lowest BCUT2D eigenvalue weighted by molar-refractivity contribution is -0.123. The number of ether oxygens (including phenoxy) is 2. The van der Waals surface area contributed by atoms with Crippen molar-refractivity contribution in [3.63, 3.8) is 0 Å². The number of furan rings is 1. The molecule has 0 aliphatic carbocycles. The fourth-order valence-electron chi connectivity index (χ4n) is 5.98. The van der Waals surface area contributed by atoms with Gasteiger partial charge in [-0.3, -0.25) is 14.6 Å². The summed E-state index contributed by atoms with van der Waals surface area (Å²) in [5.74, 6) is -1.17. The van der Waals surface area contributed by atoms with Gasteiger partial charge in [-0.2, -0.15) is 19.7 Å². The van der Waals surface area contributed by atoms with Crippen LogP contribution >= 0.6 is 0 Å². The first kappa shape index (κ1) is 30.8. The van der Waals surface area contributed by atoms with E-state index in [2.05, 4.69) is 30.3 Å². The maximum Gasteiger partial charge on any atom is 0.257 e. The number of benzene rings is 1. The Hall–Kier alpha value is -4.80. The number of anilines is 2. The van der Waals surface area contributed by atoms with Gasteiger partial charge in [-0.15, -0.1) is 0 Å². The molecule has 0 radical (unpaired) electrons. The first-order chi connectivity index (χ1) is 22.9. The van der Waals surface area contributed by atoms with Crippen molar-refractivity contribution < 1.29 is 27.5 Å². The summed E-state index contributed by atoms with van der Waals surface area (Å²) in [5, 5.41) is 12.7. The van der Waals surface area contributed by atoms with Crippen molar-refractivity contribution in [2.75, 3.05) is 89.4 Å². The van der Waals surface area contributed by atoms with Gasteiger partial charge in [0.05, 0.1) is 48.8 Å². The first-order valence-electron chi connectivity index (χ1n) is 15.6. The number of halogens is 2. The number of nitrogen functional groups attached to an aromatic ring is 1. The fourth-order valence-corrected chi connectivity index (χ4v) is 5.98. The average molecular weight is 651 g/mol. The number of rotatable bonds is 11. The molecule has 3 N–H and O–H groups in total. The minimum atomic E-state index is -0.850. The topological polar surface area (TPSA) is 144 Å². The SMILES string of the molecule is Nc1nc2c(cnn2CCN2CCN(c3cc(OCC(=O)NCCN4CCOCC4)c(F)cc3F)CC2)c2cc(-c3ccco3)nn12. The van der Waals surface area contributed by atoms with Crippen LogP contribution in [0.4, 0.5) is 20.4 Å². The molecule has 0 saturated carbocycles. The second-order valence-electron chi connectivity index (χ2n) is 11.5. The Bertz CT molecular complexity index is 1850. The van der Waals surface area contributed by atoms with E-state index >= 15 is 0 Å². The second-order valence-corrected chi connectivity index (χ2v) is 11.5. The van der Waals surface area contributed by atoms with Crippen LogP contribution in [0.3, 0.4) is 0 Å². The normalized spacial score (nSPS) is 16.3. The highest BCUT2D eigenvalue weighted by molar-refractivity contribution is 5.93. The second kappa shape index (κ2) is 13.5. The van der Waals surface area contributed by atoms with E-state index in [-0.39, 0.29) is 29.9 Å². The van der Waals surface area contributed by atoms with Gasteiger partial charge < -0.3 is 29.8 Å². The summed E-state index contributed by atoms with van der Waals surface area (Å²) in [6.45, 7) is 7.43. The van der Waals surface area contributed by atoms with Gasteiger partial charge >= 0.3 is 0 Å². The van der Waals surface area contributed by atoms with Gasteiger partial charge in [0.15, 0.2) is 29.6 Å². The van der Waals surface area contributed by atoms with Crippen molar-refractivity contribution in [2.45, 2.75) is 6.54 Å². The molecule has 1 aromatic carbocycles. The molecule has 0 atom stereocenters. The molecule has 2 saturated heterocycles. The van der Waals surface area contributed by atoms with Gasteiger partial charge in [0, 0.05) is 71.0 Å². The van der Waals surface area contributed by atoms with Crippen LogP contribution in [0.1, 0.15) is 0 Å². The summed E-state index contributed by atoms with van der Waals surface area (Å²) in [6.07, 6.45) is 3.35. The third kappa shape index (κ3) is 6.70. The number of aromatic nitrogens is 5.